The third kappa shape index (κ3) is 3.05. The lowest BCUT2D eigenvalue weighted by molar-refractivity contribution is 0.262. The molecule has 5 nitrogen and oxygen atoms in total. The Labute approximate surface area is 137 Å². The minimum atomic E-state index is -0.429. The Morgan fingerprint density at radius 3 is 2.30 bits per heavy atom. The number of carbonyl (C=O) groups is 1. The van der Waals surface area contributed by atoms with Crippen molar-refractivity contribution in [2.75, 3.05) is 10.6 Å². The number of aromatic nitrogens is 1. The molecule has 1 heterocycles. The quantitative estimate of drug-likeness (QED) is 0.751. The van der Waals surface area contributed by atoms with Crippen molar-refractivity contribution in [3.8, 4) is 0 Å². The number of nitrogens with one attached hydrogen (secondary N) is 2. The van der Waals surface area contributed by atoms with Crippen molar-refractivity contribution in [2.45, 2.75) is 0 Å². The number of nitrogens with zero attached hydrogens (tertiary/aromatic N) is 1. The zero-order valence-corrected chi connectivity index (χ0v) is 13.1. The first-order valence-electron chi connectivity index (χ1n) is 6.97. The van der Waals surface area contributed by atoms with Crippen LogP contribution in [-0.4, -0.2) is 10.6 Å². The number of anilines is 2. The van der Waals surface area contributed by atoms with E-state index in [4.69, 9.17) is 11.6 Å². The van der Waals surface area contributed by atoms with Crippen molar-refractivity contribution >= 4 is 39.8 Å². The molecule has 0 aliphatic heterocycles. The van der Waals surface area contributed by atoms with E-state index in [0.717, 1.165) is 0 Å². The predicted molar refractivity (Wildman–Crippen MR) is 93.3 cm³/mol. The van der Waals surface area contributed by atoms with Crippen LogP contribution in [0, 0.1) is 0 Å². The van der Waals surface area contributed by atoms with Crippen LogP contribution in [0.25, 0.3) is 10.8 Å². The number of halogens is 1. The van der Waals surface area contributed by atoms with E-state index in [9.17, 15) is 9.59 Å². The first-order valence-corrected chi connectivity index (χ1v) is 7.35. The molecule has 2 aromatic carbocycles. The normalized spacial score (nSPS) is 10.5. The number of para-hydroxylation sites is 1. The lowest BCUT2D eigenvalue weighted by atomic mass is 10.1. The lowest BCUT2D eigenvalue weighted by Crippen LogP contribution is -2.23. The molecule has 0 spiro atoms. The van der Waals surface area contributed by atoms with E-state index in [1.165, 1.54) is 4.57 Å². The van der Waals surface area contributed by atoms with Crippen molar-refractivity contribution < 1.29 is 4.79 Å². The van der Waals surface area contributed by atoms with Crippen LogP contribution in [-0.2, 0) is 7.05 Å². The first-order chi connectivity index (χ1) is 11.1. The number of amides is 2. The minimum Gasteiger partial charge on any atom is -0.316 e. The minimum absolute atomic E-state index is 0.113. The van der Waals surface area contributed by atoms with Gasteiger partial charge in [0.05, 0.1) is 16.4 Å². The number of carbonyl (C=O) groups excluding carboxylic acids is 1. The molecule has 3 rings (SSSR count). The Balaban J connectivity index is 1.93. The van der Waals surface area contributed by atoms with Gasteiger partial charge < -0.3 is 15.2 Å². The molecule has 6 heteroatoms. The van der Waals surface area contributed by atoms with E-state index in [1.807, 2.05) is 6.07 Å². The highest BCUT2D eigenvalue weighted by atomic mass is 35.5. The molecule has 2 N–H and O–H groups in total. The summed E-state index contributed by atoms with van der Waals surface area (Å²) in [6.07, 6.45) is 1.59. The summed E-state index contributed by atoms with van der Waals surface area (Å²) in [5, 5.41) is 7.13. The zero-order valence-electron chi connectivity index (χ0n) is 12.3. The van der Waals surface area contributed by atoms with Gasteiger partial charge in [0.25, 0.3) is 5.56 Å². The third-order valence-electron chi connectivity index (χ3n) is 3.46. The van der Waals surface area contributed by atoms with Crippen LogP contribution in [0.4, 0.5) is 16.2 Å². The van der Waals surface area contributed by atoms with Crippen LogP contribution in [0.2, 0.25) is 5.02 Å². The van der Waals surface area contributed by atoms with Gasteiger partial charge in [0, 0.05) is 24.0 Å². The molecule has 116 valence electrons. The average molecular weight is 328 g/mol. The summed E-state index contributed by atoms with van der Waals surface area (Å²) in [5.74, 6) is 0. The monoisotopic (exact) mass is 327 g/mol. The van der Waals surface area contributed by atoms with Gasteiger partial charge in [0.15, 0.2) is 0 Å². The van der Waals surface area contributed by atoms with Crippen molar-refractivity contribution in [1.82, 2.24) is 4.57 Å². The summed E-state index contributed by atoms with van der Waals surface area (Å²) in [5.41, 5.74) is 0.950. The lowest BCUT2D eigenvalue weighted by Gasteiger charge is -2.12. The fourth-order valence-corrected chi connectivity index (χ4v) is 2.54. The van der Waals surface area contributed by atoms with Crippen molar-refractivity contribution in [3.05, 3.63) is 70.1 Å². The first kappa shape index (κ1) is 15.1. The topological polar surface area (TPSA) is 63.1 Å². The van der Waals surface area contributed by atoms with Crippen LogP contribution >= 0.6 is 11.6 Å². The second-order valence-corrected chi connectivity index (χ2v) is 5.47. The van der Waals surface area contributed by atoms with Gasteiger partial charge in [-0.3, -0.25) is 4.79 Å². The van der Waals surface area contributed by atoms with Gasteiger partial charge in [0.2, 0.25) is 0 Å². The van der Waals surface area contributed by atoms with Crippen LogP contribution in [0.1, 0.15) is 0 Å². The maximum atomic E-state index is 12.2. The molecule has 0 aliphatic carbocycles. The Morgan fingerprint density at radius 2 is 1.57 bits per heavy atom. The summed E-state index contributed by atoms with van der Waals surface area (Å²) in [6.45, 7) is 0. The maximum absolute atomic E-state index is 12.2. The molecule has 0 atom stereocenters. The number of rotatable bonds is 2. The van der Waals surface area contributed by atoms with Gasteiger partial charge in [-0.15, -0.1) is 0 Å². The standard InChI is InChI=1S/C17H14ClN3O2/c1-21-10-15(11-6-2-3-7-12(11)16(21)22)20-17(23)19-14-9-5-4-8-13(14)18/h2-10H,1H3,(H2,19,20,23). The van der Waals surface area contributed by atoms with Crippen LogP contribution < -0.4 is 16.2 Å². The number of urea groups is 1. The molecular formula is C17H14ClN3O2. The second-order valence-electron chi connectivity index (χ2n) is 5.06. The largest absolute Gasteiger partial charge is 0.323 e. The van der Waals surface area contributed by atoms with E-state index >= 15 is 0 Å². The average Bonchev–Trinajstić information content (AvgIpc) is 2.54. The predicted octanol–water partition coefficient (Wildman–Crippen LogP) is 3.84. The van der Waals surface area contributed by atoms with E-state index in [1.54, 1.807) is 55.7 Å². The van der Waals surface area contributed by atoms with Gasteiger partial charge in [-0.1, -0.05) is 41.9 Å². The van der Waals surface area contributed by atoms with Crippen molar-refractivity contribution in [1.29, 1.82) is 0 Å². The highest BCUT2D eigenvalue weighted by Crippen LogP contribution is 2.22. The molecule has 0 unspecified atom stereocenters. The molecule has 0 bridgehead atoms. The number of pyridine rings is 1. The van der Waals surface area contributed by atoms with Gasteiger partial charge >= 0.3 is 6.03 Å². The van der Waals surface area contributed by atoms with E-state index in [0.29, 0.717) is 27.2 Å². The molecule has 0 saturated carbocycles. The number of hydrogen-bond acceptors (Lipinski definition) is 2. The van der Waals surface area contributed by atoms with Crippen molar-refractivity contribution in [2.24, 2.45) is 7.05 Å². The Kier molecular flexibility index (Phi) is 4.04. The molecule has 0 fully saturated rings. The molecular weight excluding hydrogens is 314 g/mol. The molecule has 0 aliphatic rings. The highest BCUT2D eigenvalue weighted by molar-refractivity contribution is 6.33. The summed E-state index contributed by atoms with van der Waals surface area (Å²) >= 11 is 6.02. The molecule has 1 aromatic heterocycles. The SMILES string of the molecule is Cn1cc(NC(=O)Nc2ccccc2Cl)c2ccccc2c1=O. The summed E-state index contributed by atoms with van der Waals surface area (Å²) < 4.78 is 1.44. The summed E-state index contributed by atoms with van der Waals surface area (Å²) in [7, 11) is 1.64. The zero-order chi connectivity index (χ0) is 16.4. The number of aryl methyl sites for hydroxylation is 1. The number of benzene rings is 2. The van der Waals surface area contributed by atoms with E-state index in [2.05, 4.69) is 10.6 Å². The molecule has 2 amide bonds. The highest BCUT2D eigenvalue weighted by Gasteiger charge is 2.10. The number of hydrogen-bond donors (Lipinski definition) is 2. The van der Waals surface area contributed by atoms with Gasteiger partial charge in [0.1, 0.15) is 0 Å². The van der Waals surface area contributed by atoms with Crippen LogP contribution in [0.3, 0.4) is 0 Å². The summed E-state index contributed by atoms with van der Waals surface area (Å²) in [4.78, 5) is 24.3. The second kappa shape index (κ2) is 6.14. The molecule has 0 saturated heterocycles. The summed E-state index contributed by atoms with van der Waals surface area (Å²) in [6, 6.07) is 13.7. The van der Waals surface area contributed by atoms with Gasteiger partial charge in [-0.2, -0.15) is 0 Å². The van der Waals surface area contributed by atoms with E-state index in [-0.39, 0.29) is 5.56 Å². The van der Waals surface area contributed by atoms with Gasteiger partial charge in [-0.25, -0.2) is 4.79 Å². The molecule has 0 radical (unpaired) electrons. The van der Waals surface area contributed by atoms with Crippen molar-refractivity contribution in [3.63, 3.8) is 0 Å². The Bertz CT molecular complexity index is 950. The van der Waals surface area contributed by atoms with Crippen LogP contribution in [0.15, 0.2) is 59.5 Å². The van der Waals surface area contributed by atoms with Gasteiger partial charge in [-0.05, 0) is 18.2 Å². The fraction of sp³-hybridized carbons (Fsp3) is 0.0588. The molecule has 23 heavy (non-hydrogen) atoms. The molecule has 3 aromatic rings. The smallest absolute Gasteiger partial charge is 0.316 e. The number of fused-ring (bicyclic) bond motifs is 1. The maximum Gasteiger partial charge on any atom is 0.323 e. The Morgan fingerprint density at radius 1 is 0.957 bits per heavy atom. The van der Waals surface area contributed by atoms with Crippen LogP contribution in [0.5, 0.6) is 0 Å². The third-order valence-corrected chi connectivity index (χ3v) is 3.79. The van der Waals surface area contributed by atoms with E-state index < -0.39 is 6.03 Å². The fourth-order valence-electron chi connectivity index (χ4n) is 2.35. The Hall–Kier alpha value is -2.79.